The molecule has 0 aliphatic carbocycles. The van der Waals surface area contributed by atoms with Crippen molar-refractivity contribution >= 4 is 0 Å². The first-order chi connectivity index (χ1) is 9.70. The number of nitrogens with two attached hydrogens (primary N) is 1. The number of rotatable bonds is 5. The molecular weight excluding hydrogens is 246 g/mol. The van der Waals surface area contributed by atoms with E-state index >= 15 is 0 Å². The number of nitrogens with zero attached hydrogens (tertiary/aromatic N) is 2. The highest BCUT2D eigenvalue weighted by Crippen LogP contribution is 2.16. The monoisotopic (exact) mass is 275 g/mol. The van der Waals surface area contributed by atoms with Crippen LogP contribution in [0.4, 0.5) is 0 Å². The first-order valence-electron chi connectivity index (χ1n) is 7.89. The molecule has 0 bridgehead atoms. The lowest BCUT2D eigenvalue weighted by Gasteiger charge is -2.35. The van der Waals surface area contributed by atoms with E-state index in [1.165, 1.54) is 25.1 Å². The highest BCUT2D eigenvalue weighted by atomic mass is 15.2. The SMILES string of the molecule is CC1CN(C)CCCN1C(CN)CCc1ccccc1. The molecule has 1 aliphatic rings. The minimum Gasteiger partial charge on any atom is -0.329 e. The maximum absolute atomic E-state index is 6.06. The van der Waals surface area contributed by atoms with Crippen molar-refractivity contribution in [1.29, 1.82) is 0 Å². The Kier molecular flexibility index (Phi) is 6.02. The summed E-state index contributed by atoms with van der Waals surface area (Å²) in [6, 6.07) is 11.9. The number of hydrogen-bond acceptors (Lipinski definition) is 3. The standard InChI is InChI=1S/C17H29N3/c1-15-14-19(2)11-6-12-20(15)17(13-18)10-9-16-7-4-3-5-8-16/h3-5,7-8,15,17H,6,9-14,18H2,1-2H3. The van der Waals surface area contributed by atoms with Gasteiger partial charge < -0.3 is 10.6 Å². The van der Waals surface area contributed by atoms with Crippen LogP contribution in [-0.4, -0.2) is 55.1 Å². The summed E-state index contributed by atoms with van der Waals surface area (Å²) < 4.78 is 0. The van der Waals surface area contributed by atoms with Crippen molar-refractivity contribution in [3.8, 4) is 0 Å². The third-order valence-electron chi connectivity index (χ3n) is 4.45. The van der Waals surface area contributed by atoms with Crippen LogP contribution in [0.1, 0.15) is 25.3 Å². The summed E-state index contributed by atoms with van der Waals surface area (Å²) in [5.74, 6) is 0. The molecule has 0 spiro atoms. The second-order valence-corrected chi connectivity index (χ2v) is 6.12. The van der Waals surface area contributed by atoms with E-state index in [0.29, 0.717) is 12.1 Å². The molecular formula is C17H29N3. The van der Waals surface area contributed by atoms with Crippen LogP contribution in [0, 0.1) is 0 Å². The van der Waals surface area contributed by atoms with Gasteiger partial charge in [0.05, 0.1) is 0 Å². The minimum absolute atomic E-state index is 0.511. The Bertz CT molecular complexity index is 379. The zero-order chi connectivity index (χ0) is 14.4. The zero-order valence-electron chi connectivity index (χ0n) is 13.0. The topological polar surface area (TPSA) is 32.5 Å². The van der Waals surface area contributed by atoms with Gasteiger partial charge in [0.2, 0.25) is 0 Å². The minimum atomic E-state index is 0.511. The molecule has 1 aromatic rings. The van der Waals surface area contributed by atoms with Crippen molar-refractivity contribution in [3.63, 3.8) is 0 Å². The maximum Gasteiger partial charge on any atom is 0.0224 e. The highest BCUT2D eigenvalue weighted by Gasteiger charge is 2.25. The average Bonchev–Trinajstić information content (AvgIpc) is 2.62. The summed E-state index contributed by atoms with van der Waals surface area (Å²) >= 11 is 0. The van der Waals surface area contributed by atoms with Gasteiger partial charge >= 0.3 is 0 Å². The first kappa shape index (κ1) is 15.5. The summed E-state index contributed by atoms with van der Waals surface area (Å²) in [7, 11) is 2.22. The third kappa shape index (κ3) is 4.30. The summed E-state index contributed by atoms with van der Waals surface area (Å²) in [4.78, 5) is 5.07. The summed E-state index contributed by atoms with van der Waals surface area (Å²) in [5.41, 5.74) is 7.48. The maximum atomic E-state index is 6.06. The Hall–Kier alpha value is -0.900. The molecule has 1 aromatic carbocycles. The predicted molar refractivity (Wildman–Crippen MR) is 85.9 cm³/mol. The van der Waals surface area contributed by atoms with Crippen LogP contribution in [0.5, 0.6) is 0 Å². The molecule has 0 saturated carbocycles. The smallest absolute Gasteiger partial charge is 0.0224 e. The molecule has 0 aromatic heterocycles. The predicted octanol–water partition coefficient (Wildman–Crippen LogP) is 1.97. The number of benzene rings is 1. The van der Waals surface area contributed by atoms with Crippen molar-refractivity contribution < 1.29 is 0 Å². The van der Waals surface area contributed by atoms with Gasteiger partial charge in [0.1, 0.15) is 0 Å². The lowest BCUT2D eigenvalue weighted by Crippen LogP contribution is -2.48. The Morgan fingerprint density at radius 2 is 2.00 bits per heavy atom. The number of aryl methyl sites for hydroxylation is 1. The molecule has 2 atom stereocenters. The van der Waals surface area contributed by atoms with Gasteiger partial charge in [-0.05, 0) is 45.3 Å². The number of hydrogen-bond donors (Lipinski definition) is 1. The molecule has 20 heavy (non-hydrogen) atoms. The van der Waals surface area contributed by atoms with E-state index in [4.69, 9.17) is 5.73 Å². The van der Waals surface area contributed by atoms with Crippen molar-refractivity contribution in [2.45, 2.75) is 38.3 Å². The van der Waals surface area contributed by atoms with Gasteiger partial charge in [-0.3, -0.25) is 4.90 Å². The van der Waals surface area contributed by atoms with Gasteiger partial charge in [0.15, 0.2) is 0 Å². The van der Waals surface area contributed by atoms with Crippen LogP contribution in [0.2, 0.25) is 0 Å². The van der Waals surface area contributed by atoms with Crippen LogP contribution >= 0.6 is 0 Å². The molecule has 1 aliphatic heterocycles. The van der Waals surface area contributed by atoms with Gasteiger partial charge in [-0.1, -0.05) is 30.3 Å². The van der Waals surface area contributed by atoms with Crippen molar-refractivity contribution in [2.24, 2.45) is 5.73 Å². The van der Waals surface area contributed by atoms with Gasteiger partial charge in [-0.15, -0.1) is 0 Å². The molecule has 2 rings (SSSR count). The van der Waals surface area contributed by atoms with Crippen LogP contribution < -0.4 is 5.73 Å². The largest absolute Gasteiger partial charge is 0.329 e. The Balaban J connectivity index is 1.93. The summed E-state index contributed by atoms with van der Waals surface area (Å²) in [6.07, 6.45) is 3.54. The van der Waals surface area contributed by atoms with Crippen LogP contribution in [0.15, 0.2) is 30.3 Å². The Morgan fingerprint density at radius 3 is 2.70 bits per heavy atom. The van der Waals surface area contributed by atoms with Crippen LogP contribution in [0.3, 0.4) is 0 Å². The fourth-order valence-corrected chi connectivity index (χ4v) is 3.33. The van der Waals surface area contributed by atoms with E-state index < -0.39 is 0 Å². The van der Waals surface area contributed by atoms with Crippen molar-refractivity contribution in [3.05, 3.63) is 35.9 Å². The third-order valence-corrected chi connectivity index (χ3v) is 4.45. The first-order valence-corrected chi connectivity index (χ1v) is 7.89. The Labute approximate surface area is 123 Å². The van der Waals surface area contributed by atoms with E-state index in [2.05, 4.69) is 54.1 Å². The molecule has 3 heteroatoms. The molecule has 2 unspecified atom stereocenters. The summed E-state index contributed by atoms with van der Waals surface area (Å²) in [5, 5.41) is 0. The molecule has 112 valence electrons. The molecule has 0 amide bonds. The molecule has 3 nitrogen and oxygen atoms in total. The van der Waals surface area contributed by atoms with E-state index in [1.807, 2.05) is 0 Å². The van der Waals surface area contributed by atoms with Crippen molar-refractivity contribution in [2.75, 3.05) is 33.2 Å². The molecule has 1 saturated heterocycles. The van der Waals surface area contributed by atoms with Crippen LogP contribution in [-0.2, 0) is 6.42 Å². The van der Waals surface area contributed by atoms with E-state index in [1.54, 1.807) is 0 Å². The normalized spacial score (nSPS) is 23.4. The van der Waals surface area contributed by atoms with Crippen molar-refractivity contribution in [1.82, 2.24) is 9.80 Å². The highest BCUT2D eigenvalue weighted by molar-refractivity contribution is 5.14. The summed E-state index contributed by atoms with van der Waals surface area (Å²) in [6.45, 7) is 6.65. The van der Waals surface area contributed by atoms with Gasteiger partial charge in [0, 0.05) is 31.7 Å². The fourth-order valence-electron chi connectivity index (χ4n) is 3.33. The van der Waals surface area contributed by atoms with Gasteiger partial charge in [-0.2, -0.15) is 0 Å². The fraction of sp³-hybridized carbons (Fsp3) is 0.647. The lowest BCUT2D eigenvalue weighted by molar-refractivity contribution is 0.139. The van der Waals surface area contributed by atoms with E-state index in [0.717, 1.165) is 25.9 Å². The van der Waals surface area contributed by atoms with Crippen LogP contribution in [0.25, 0.3) is 0 Å². The second kappa shape index (κ2) is 7.77. The quantitative estimate of drug-likeness (QED) is 0.892. The van der Waals surface area contributed by atoms with Gasteiger partial charge in [0.25, 0.3) is 0 Å². The molecule has 1 fully saturated rings. The van der Waals surface area contributed by atoms with E-state index in [9.17, 15) is 0 Å². The lowest BCUT2D eigenvalue weighted by atomic mass is 10.0. The zero-order valence-corrected chi connectivity index (χ0v) is 13.0. The Morgan fingerprint density at radius 1 is 1.25 bits per heavy atom. The molecule has 0 radical (unpaired) electrons. The number of likely N-dealkylation sites (N-methyl/N-ethyl adjacent to an activating group) is 1. The van der Waals surface area contributed by atoms with Gasteiger partial charge in [-0.25, -0.2) is 0 Å². The van der Waals surface area contributed by atoms with E-state index in [-0.39, 0.29) is 0 Å². The average molecular weight is 275 g/mol. The molecule has 1 heterocycles. The second-order valence-electron chi connectivity index (χ2n) is 6.12. The molecule has 2 N–H and O–H groups in total.